The standard InChI is InChI=1S/C9H13NO/c1-6(2)9-4-8(5-10-9)7(3)11/h4-6,10H,1-3H3. The molecule has 1 rings (SSSR count). The Bertz CT molecular complexity index is 260. The van der Waals surface area contributed by atoms with Crippen molar-refractivity contribution in [3.8, 4) is 0 Å². The molecule has 1 heterocycles. The van der Waals surface area contributed by atoms with Crippen LogP contribution in [0.4, 0.5) is 0 Å². The van der Waals surface area contributed by atoms with Gasteiger partial charge in [-0.1, -0.05) is 13.8 Å². The van der Waals surface area contributed by atoms with Crippen LogP contribution >= 0.6 is 0 Å². The fourth-order valence-corrected chi connectivity index (χ4v) is 0.949. The van der Waals surface area contributed by atoms with Crippen molar-refractivity contribution in [3.05, 3.63) is 23.5 Å². The monoisotopic (exact) mass is 151 g/mol. The van der Waals surface area contributed by atoms with Crippen molar-refractivity contribution in [3.63, 3.8) is 0 Å². The van der Waals surface area contributed by atoms with Gasteiger partial charge in [-0.05, 0) is 18.9 Å². The van der Waals surface area contributed by atoms with Crippen LogP contribution in [-0.4, -0.2) is 10.8 Å². The third-order valence-corrected chi connectivity index (χ3v) is 1.73. The third-order valence-electron chi connectivity index (χ3n) is 1.73. The summed E-state index contributed by atoms with van der Waals surface area (Å²) in [6.07, 6.45) is 1.76. The Labute approximate surface area is 66.6 Å². The molecule has 0 atom stereocenters. The van der Waals surface area contributed by atoms with E-state index in [1.165, 1.54) is 0 Å². The lowest BCUT2D eigenvalue weighted by atomic mass is 10.1. The molecule has 0 saturated heterocycles. The SMILES string of the molecule is CC(=O)c1c[nH]c(C(C)C)c1. The lowest BCUT2D eigenvalue weighted by molar-refractivity contribution is 0.101. The predicted octanol–water partition coefficient (Wildman–Crippen LogP) is 2.34. The van der Waals surface area contributed by atoms with Gasteiger partial charge in [0.1, 0.15) is 0 Å². The molecule has 1 aromatic rings. The summed E-state index contributed by atoms with van der Waals surface area (Å²) in [6, 6.07) is 1.91. The maximum Gasteiger partial charge on any atom is 0.161 e. The van der Waals surface area contributed by atoms with E-state index in [1.807, 2.05) is 6.07 Å². The largest absolute Gasteiger partial charge is 0.364 e. The molecule has 0 saturated carbocycles. The zero-order chi connectivity index (χ0) is 8.43. The summed E-state index contributed by atoms with van der Waals surface area (Å²) in [5, 5.41) is 0. The van der Waals surface area contributed by atoms with E-state index in [4.69, 9.17) is 0 Å². The van der Waals surface area contributed by atoms with Crippen LogP contribution in [0.15, 0.2) is 12.3 Å². The van der Waals surface area contributed by atoms with Gasteiger partial charge in [-0.25, -0.2) is 0 Å². The van der Waals surface area contributed by atoms with E-state index in [0.29, 0.717) is 5.92 Å². The molecule has 0 aromatic carbocycles. The van der Waals surface area contributed by atoms with Crippen molar-refractivity contribution in [2.45, 2.75) is 26.7 Å². The minimum atomic E-state index is 0.119. The summed E-state index contributed by atoms with van der Waals surface area (Å²) in [5.41, 5.74) is 1.89. The van der Waals surface area contributed by atoms with E-state index in [1.54, 1.807) is 13.1 Å². The van der Waals surface area contributed by atoms with Crippen molar-refractivity contribution in [2.75, 3.05) is 0 Å². The Hall–Kier alpha value is -1.05. The minimum Gasteiger partial charge on any atom is -0.364 e. The maximum absolute atomic E-state index is 10.9. The van der Waals surface area contributed by atoms with Crippen LogP contribution in [-0.2, 0) is 0 Å². The van der Waals surface area contributed by atoms with E-state index in [9.17, 15) is 4.79 Å². The first-order valence-corrected chi connectivity index (χ1v) is 3.80. The third kappa shape index (κ3) is 1.70. The molecule has 1 aromatic heterocycles. The minimum absolute atomic E-state index is 0.119. The molecule has 0 fully saturated rings. The van der Waals surface area contributed by atoms with Gasteiger partial charge in [0, 0.05) is 17.5 Å². The molecule has 11 heavy (non-hydrogen) atoms. The van der Waals surface area contributed by atoms with Gasteiger partial charge in [0.15, 0.2) is 5.78 Å². The normalized spacial score (nSPS) is 10.5. The van der Waals surface area contributed by atoms with Crippen LogP contribution < -0.4 is 0 Å². The van der Waals surface area contributed by atoms with E-state index in [0.717, 1.165) is 11.3 Å². The van der Waals surface area contributed by atoms with Crippen LogP contribution in [0.5, 0.6) is 0 Å². The van der Waals surface area contributed by atoms with Crippen molar-refractivity contribution in [2.24, 2.45) is 0 Å². The molecular formula is C9H13NO. The number of carbonyl (C=O) groups is 1. The average molecular weight is 151 g/mol. The second-order valence-electron chi connectivity index (χ2n) is 3.05. The second-order valence-corrected chi connectivity index (χ2v) is 3.05. The van der Waals surface area contributed by atoms with Crippen LogP contribution in [0, 0.1) is 0 Å². The summed E-state index contributed by atoms with van der Waals surface area (Å²) >= 11 is 0. The number of rotatable bonds is 2. The number of aromatic nitrogens is 1. The topological polar surface area (TPSA) is 32.9 Å². The number of Topliss-reactive ketones (excluding diaryl/α,β-unsaturated/α-hetero) is 1. The summed E-state index contributed by atoms with van der Waals surface area (Å²) < 4.78 is 0. The summed E-state index contributed by atoms with van der Waals surface area (Å²) in [7, 11) is 0. The number of carbonyl (C=O) groups excluding carboxylic acids is 1. The van der Waals surface area contributed by atoms with Crippen LogP contribution in [0.1, 0.15) is 42.7 Å². The smallest absolute Gasteiger partial charge is 0.161 e. The predicted molar refractivity (Wildman–Crippen MR) is 44.9 cm³/mol. The number of ketones is 1. The number of hydrogen-bond acceptors (Lipinski definition) is 1. The highest BCUT2D eigenvalue weighted by atomic mass is 16.1. The fourth-order valence-electron chi connectivity index (χ4n) is 0.949. The van der Waals surface area contributed by atoms with Gasteiger partial charge in [0.05, 0.1) is 0 Å². The number of H-pyrrole nitrogens is 1. The Morgan fingerprint density at radius 1 is 1.55 bits per heavy atom. The van der Waals surface area contributed by atoms with Crippen LogP contribution in [0.25, 0.3) is 0 Å². The molecule has 0 bridgehead atoms. The number of nitrogens with one attached hydrogen (secondary N) is 1. The Morgan fingerprint density at radius 2 is 2.18 bits per heavy atom. The number of aromatic amines is 1. The van der Waals surface area contributed by atoms with Crippen molar-refractivity contribution >= 4 is 5.78 Å². The van der Waals surface area contributed by atoms with E-state index >= 15 is 0 Å². The van der Waals surface area contributed by atoms with E-state index < -0.39 is 0 Å². The van der Waals surface area contributed by atoms with Gasteiger partial charge in [0.25, 0.3) is 0 Å². The molecule has 2 nitrogen and oxygen atoms in total. The molecule has 0 radical (unpaired) electrons. The molecule has 0 unspecified atom stereocenters. The first kappa shape index (κ1) is 8.05. The molecule has 1 N–H and O–H groups in total. The average Bonchev–Trinajstić information content (AvgIpc) is 2.33. The highest BCUT2D eigenvalue weighted by Gasteiger charge is 2.04. The first-order valence-electron chi connectivity index (χ1n) is 3.80. The van der Waals surface area contributed by atoms with E-state index in [-0.39, 0.29) is 5.78 Å². The van der Waals surface area contributed by atoms with Gasteiger partial charge in [0.2, 0.25) is 0 Å². The highest BCUT2D eigenvalue weighted by molar-refractivity contribution is 5.94. The summed E-state index contributed by atoms with van der Waals surface area (Å²) in [5.74, 6) is 0.580. The lowest BCUT2D eigenvalue weighted by Crippen LogP contribution is -1.87. The van der Waals surface area contributed by atoms with Gasteiger partial charge in [-0.15, -0.1) is 0 Å². The summed E-state index contributed by atoms with van der Waals surface area (Å²) in [6.45, 7) is 5.76. The van der Waals surface area contributed by atoms with Gasteiger partial charge >= 0.3 is 0 Å². The molecule has 0 aliphatic heterocycles. The van der Waals surface area contributed by atoms with Crippen LogP contribution in [0.3, 0.4) is 0 Å². The first-order chi connectivity index (χ1) is 5.11. The lowest BCUT2D eigenvalue weighted by Gasteiger charge is -1.97. The fraction of sp³-hybridized carbons (Fsp3) is 0.444. The van der Waals surface area contributed by atoms with Crippen molar-refractivity contribution in [1.82, 2.24) is 4.98 Å². The molecule has 0 amide bonds. The highest BCUT2D eigenvalue weighted by Crippen LogP contribution is 2.13. The zero-order valence-electron chi connectivity index (χ0n) is 7.14. The maximum atomic E-state index is 10.9. The van der Waals surface area contributed by atoms with Gasteiger partial charge < -0.3 is 4.98 Å². The number of hydrogen-bond donors (Lipinski definition) is 1. The van der Waals surface area contributed by atoms with E-state index in [2.05, 4.69) is 18.8 Å². The van der Waals surface area contributed by atoms with Crippen molar-refractivity contribution in [1.29, 1.82) is 0 Å². The van der Waals surface area contributed by atoms with Crippen molar-refractivity contribution < 1.29 is 4.79 Å². The Kier molecular flexibility index (Phi) is 2.13. The molecule has 60 valence electrons. The Balaban J connectivity index is 2.90. The molecule has 0 spiro atoms. The molecular weight excluding hydrogens is 138 g/mol. The van der Waals surface area contributed by atoms with Gasteiger partial charge in [-0.3, -0.25) is 4.79 Å². The van der Waals surface area contributed by atoms with Crippen LogP contribution in [0.2, 0.25) is 0 Å². The second kappa shape index (κ2) is 2.91. The Morgan fingerprint density at radius 3 is 2.45 bits per heavy atom. The zero-order valence-corrected chi connectivity index (χ0v) is 7.14. The molecule has 2 heteroatoms. The molecule has 0 aliphatic rings. The summed E-state index contributed by atoms with van der Waals surface area (Å²) in [4.78, 5) is 13.9. The van der Waals surface area contributed by atoms with Gasteiger partial charge in [-0.2, -0.15) is 0 Å². The quantitative estimate of drug-likeness (QED) is 0.646. The molecule has 0 aliphatic carbocycles.